The van der Waals surface area contributed by atoms with Gasteiger partial charge in [-0.05, 0) is 53.7 Å². The van der Waals surface area contributed by atoms with Crippen molar-refractivity contribution in [1.29, 1.82) is 0 Å². The zero-order valence-corrected chi connectivity index (χ0v) is 13.6. The van der Waals surface area contributed by atoms with Gasteiger partial charge in [-0.25, -0.2) is 0 Å². The van der Waals surface area contributed by atoms with Gasteiger partial charge in [0.15, 0.2) is 0 Å². The Bertz CT molecular complexity index is 497. The number of halogens is 1. The van der Waals surface area contributed by atoms with Gasteiger partial charge in [-0.3, -0.25) is 4.90 Å². The van der Waals surface area contributed by atoms with Gasteiger partial charge in [0.05, 0.1) is 22.6 Å². The topological polar surface area (TPSA) is 42.4 Å². The highest BCUT2D eigenvalue weighted by molar-refractivity contribution is 9.11. The van der Waals surface area contributed by atoms with Crippen LogP contribution in [0.2, 0.25) is 0 Å². The maximum Gasteiger partial charge on any atom is 0.117 e. The second-order valence-corrected chi connectivity index (χ2v) is 7.15. The molecule has 2 unspecified atom stereocenters. The molecule has 5 heteroatoms. The van der Waals surface area contributed by atoms with Crippen LogP contribution in [-0.2, 0) is 6.54 Å². The number of nitrogens with two attached hydrogens (primary N) is 1. The van der Waals surface area contributed by atoms with Crippen molar-refractivity contribution in [3.05, 3.63) is 45.0 Å². The highest BCUT2D eigenvalue weighted by Crippen LogP contribution is 2.33. The number of nitrogens with zero attached hydrogens (tertiary/aromatic N) is 1. The van der Waals surface area contributed by atoms with E-state index in [1.165, 1.54) is 4.88 Å². The molecule has 0 bridgehead atoms. The van der Waals surface area contributed by atoms with Crippen molar-refractivity contribution >= 4 is 27.3 Å². The van der Waals surface area contributed by atoms with Crippen molar-refractivity contribution < 1.29 is 4.42 Å². The molecule has 3 nitrogen and oxygen atoms in total. The molecule has 2 aromatic heterocycles. The van der Waals surface area contributed by atoms with Gasteiger partial charge in [0.1, 0.15) is 5.76 Å². The molecule has 0 fully saturated rings. The lowest BCUT2D eigenvalue weighted by atomic mass is 10.0. The Morgan fingerprint density at radius 1 is 1.42 bits per heavy atom. The smallest absolute Gasteiger partial charge is 0.117 e. The third-order valence-corrected chi connectivity index (χ3v) is 4.92. The summed E-state index contributed by atoms with van der Waals surface area (Å²) in [5.74, 6) is 0.964. The van der Waals surface area contributed by atoms with Crippen LogP contribution in [0.5, 0.6) is 0 Å². The van der Waals surface area contributed by atoms with Crippen LogP contribution in [0.3, 0.4) is 0 Å². The molecule has 2 rings (SSSR count). The third kappa shape index (κ3) is 3.69. The molecule has 0 aliphatic heterocycles. The Kier molecular flexibility index (Phi) is 5.21. The second kappa shape index (κ2) is 6.70. The van der Waals surface area contributed by atoms with Gasteiger partial charge < -0.3 is 10.2 Å². The van der Waals surface area contributed by atoms with Crippen molar-refractivity contribution in [3.63, 3.8) is 0 Å². The summed E-state index contributed by atoms with van der Waals surface area (Å²) in [5, 5.41) is 0. The third-order valence-electron chi connectivity index (χ3n) is 3.22. The van der Waals surface area contributed by atoms with Crippen LogP contribution in [0.4, 0.5) is 0 Å². The van der Waals surface area contributed by atoms with Crippen LogP contribution in [-0.4, -0.2) is 18.0 Å². The van der Waals surface area contributed by atoms with E-state index in [0.717, 1.165) is 22.5 Å². The standard InChI is InChI=1S/C14H19BrN2OS/c1-3-11(16)14(12-6-7-13(15)19-12)17(2)9-10-5-4-8-18-10/h4-8,11,14H,3,9,16H2,1-2H3. The molecule has 0 spiro atoms. The number of likely N-dealkylation sites (N-methyl/N-ethyl adjacent to an activating group) is 1. The van der Waals surface area contributed by atoms with Crippen LogP contribution in [0, 0.1) is 0 Å². The normalized spacial score (nSPS) is 14.8. The first-order valence-electron chi connectivity index (χ1n) is 6.35. The minimum atomic E-state index is 0.116. The Labute approximate surface area is 126 Å². The lowest BCUT2D eigenvalue weighted by Crippen LogP contribution is -2.38. The highest BCUT2D eigenvalue weighted by Gasteiger charge is 2.25. The van der Waals surface area contributed by atoms with Crippen LogP contribution < -0.4 is 5.73 Å². The molecule has 0 aliphatic rings. The maximum atomic E-state index is 6.31. The van der Waals surface area contributed by atoms with Gasteiger partial charge in [0, 0.05) is 10.9 Å². The predicted octanol–water partition coefficient (Wildman–Crippen LogP) is 4.01. The van der Waals surface area contributed by atoms with Gasteiger partial charge in [-0.15, -0.1) is 11.3 Å². The SMILES string of the molecule is CCC(N)C(c1ccc(Br)s1)N(C)Cc1ccco1. The molecule has 0 radical (unpaired) electrons. The summed E-state index contributed by atoms with van der Waals surface area (Å²) < 4.78 is 6.56. The van der Waals surface area contributed by atoms with E-state index < -0.39 is 0 Å². The van der Waals surface area contributed by atoms with Gasteiger partial charge in [0.2, 0.25) is 0 Å². The molecular weight excluding hydrogens is 324 g/mol. The summed E-state index contributed by atoms with van der Waals surface area (Å²) in [4.78, 5) is 3.54. The number of rotatable bonds is 6. The van der Waals surface area contributed by atoms with E-state index in [4.69, 9.17) is 10.2 Å². The van der Waals surface area contributed by atoms with E-state index in [-0.39, 0.29) is 12.1 Å². The highest BCUT2D eigenvalue weighted by atomic mass is 79.9. The van der Waals surface area contributed by atoms with E-state index in [1.807, 2.05) is 12.1 Å². The van der Waals surface area contributed by atoms with Crippen molar-refractivity contribution in [1.82, 2.24) is 4.90 Å². The molecule has 104 valence electrons. The fourth-order valence-electron chi connectivity index (χ4n) is 2.21. The van der Waals surface area contributed by atoms with Gasteiger partial charge in [-0.2, -0.15) is 0 Å². The lowest BCUT2D eigenvalue weighted by molar-refractivity contribution is 0.191. The summed E-state index contributed by atoms with van der Waals surface area (Å²) in [7, 11) is 2.09. The quantitative estimate of drug-likeness (QED) is 0.862. The van der Waals surface area contributed by atoms with Crippen molar-refractivity contribution in [3.8, 4) is 0 Å². The van der Waals surface area contributed by atoms with E-state index in [1.54, 1.807) is 17.6 Å². The molecule has 2 heterocycles. The zero-order valence-electron chi connectivity index (χ0n) is 11.2. The molecule has 2 aromatic rings. The summed E-state index contributed by atoms with van der Waals surface area (Å²) >= 11 is 5.27. The van der Waals surface area contributed by atoms with Crippen molar-refractivity contribution in [2.45, 2.75) is 32.0 Å². The van der Waals surface area contributed by atoms with Gasteiger partial charge in [0.25, 0.3) is 0 Å². The van der Waals surface area contributed by atoms with E-state index in [9.17, 15) is 0 Å². The molecule has 0 saturated heterocycles. The number of thiophene rings is 1. The number of hydrogen-bond donors (Lipinski definition) is 1. The van der Waals surface area contributed by atoms with Crippen LogP contribution >= 0.6 is 27.3 Å². The van der Waals surface area contributed by atoms with Crippen molar-refractivity contribution in [2.75, 3.05) is 7.05 Å². The first kappa shape index (κ1) is 14.8. The largest absolute Gasteiger partial charge is 0.468 e. The molecule has 2 atom stereocenters. The summed E-state index contributed by atoms with van der Waals surface area (Å²) in [6.07, 6.45) is 2.66. The van der Waals surface area contributed by atoms with Crippen LogP contribution in [0.15, 0.2) is 38.7 Å². The van der Waals surface area contributed by atoms with E-state index in [2.05, 4.69) is 46.9 Å². The molecule has 19 heavy (non-hydrogen) atoms. The lowest BCUT2D eigenvalue weighted by Gasteiger charge is -2.31. The number of hydrogen-bond acceptors (Lipinski definition) is 4. The molecular formula is C14H19BrN2OS. The summed E-state index contributed by atoms with van der Waals surface area (Å²) in [6, 6.07) is 8.47. The zero-order chi connectivity index (χ0) is 13.8. The minimum Gasteiger partial charge on any atom is -0.468 e. The van der Waals surface area contributed by atoms with E-state index in [0.29, 0.717) is 0 Å². The Morgan fingerprint density at radius 3 is 2.74 bits per heavy atom. The minimum absolute atomic E-state index is 0.116. The first-order chi connectivity index (χ1) is 9.11. The average molecular weight is 343 g/mol. The Balaban J connectivity index is 2.17. The maximum absolute atomic E-state index is 6.31. The summed E-state index contributed by atoms with van der Waals surface area (Å²) in [5.41, 5.74) is 6.31. The van der Waals surface area contributed by atoms with Crippen molar-refractivity contribution in [2.24, 2.45) is 5.73 Å². The molecule has 0 amide bonds. The summed E-state index contributed by atoms with van der Waals surface area (Å²) in [6.45, 7) is 2.89. The molecule has 2 N–H and O–H groups in total. The second-order valence-electron chi connectivity index (χ2n) is 4.65. The van der Waals surface area contributed by atoms with Gasteiger partial charge in [-0.1, -0.05) is 6.92 Å². The molecule has 0 saturated carbocycles. The Hall–Kier alpha value is -0.620. The fourth-order valence-corrected chi connectivity index (χ4v) is 3.88. The molecule has 0 aromatic carbocycles. The monoisotopic (exact) mass is 342 g/mol. The molecule has 0 aliphatic carbocycles. The number of furan rings is 1. The first-order valence-corrected chi connectivity index (χ1v) is 7.96. The average Bonchev–Trinajstić information content (AvgIpc) is 3.01. The van der Waals surface area contributed by atoms with E-state index >= 15 is 0 Å². The fraction of sp³-hybridized carbons (Fsp3) is 0.429. The van der Waals surface area contributed by atoms with Gasteiger partial charge >= 0.3 is 0 Å². The van der Waals surface area contributed by atoms with Crippen LogP contribution in [0.25, 0.3) is 0 Å². The van der Waals surface area contributed by atoms with Crippen LogP contribution in [0.1, 0.15) is 30.0 Å². The predicted molar refractivity (Wildman–Crippen MR) is 83.2 cm³/mol. The Morgan fingerprint density at radius 2 is 2.21 bits per heavy atom.